The minimum atomic E-state index is 0.139. The van der Waals surface area contributed by atoms with E-state index in [9.17, 15) is 0 Å². The molecule has 0 aliphatic heterocycles. The second-order valence-corrected chi connectivity index (χ2v) is 5.70. The standard InChI is InChI=1S/C17H26N2O/c1-13(2)20-17-12-15(8-9-16(17)18)19-11-10-14-6-4-3-5-7-14/h6,8-9,12-13,19H,3-5,7,10-11,18H2,1-2H3. The maximum atomic E-state index is 5.92. The molecule has 1 aromatic rings. The summed E-state index contributed by atoms with van der Waals surface area (Å²) in [5.41, 5.74) is 9.29. The normalized spacial score (nSPS) is 15.1. The molecule has 0 spiro atoms. The van der Waals surface area contributed by atoms with Crippen LogP contribution in [0.25, 0.3) is 0 Å². The van der Waals surface area contributed by atoms with Gasteiger partial charge in [0.05, 0.1) is 11.8 Å². The van der Waals surface area contributed by atoms with Gasteiger partial charge in [-0.15, -0.1) is 0 Å². The van der Waals surface area contributed by atoms with Gasteiger partial charge in [-0.1, -0.05) is 11.6 Å². The zero-order valence-corrected chi connectivity index (χ0v) is 12.6. The van der Waals surface area contributed by atoms with Crippen LogP contribution in [-0.4, -0.2) is 12.6 Å². The molecule has 0 aromatic heterocycles. The Morgan fingerprint density at radius 2 is 2.15 bits per heavy atom. The molecule has 0 radical (unpaired) electrons. The highest BCUT2D eigenvalue weighted by molar-refractivity contribution is 5.61. The average Bonchev–Trinajstić information content (AvgIpc) is 2.43. The number of hydrogen-bond donors (Lipinski definition) is 2. The Kier molecular flexibility index (Phi) is 5.33. The fourth-order valence-electron chi connectivity index (χ4n) is 2.50. The van der Waals surface area contributed by atoms with E-state index in [1.807, 2.05) is 32.0 Å². The average molecular weight is 274 g/mol. The molecule has 20 heavy (non-hydrogen) atoms. The summed E-state index contributed by atoms with van der Waals surface area (Å²) in [6, 6.07) is 5.91. The lowest BCUT2D eigenvalue weighted by Crippen LogP contribution is -2.09. The molecule has 1 aliphatic carbocycles. The van der Waals surface area contributed by atoms with Crippen molar-refractivity contribution in [1.82, 2.24) is 0 Å². The van der Waals surface area contributed by atoms with Crippen LogP contribution < -0.4 is 15.8 Å². The van der Waals surface area contributed by atoms with Crippen molar-refractivity contribution in [3.63, 3.8) is 0 Å². The fourth-order valence-corrected chi connectivity index (χ4v) is 2.50. The van der Waals surface area contributed by atoms with Crippen molar-refractivity contribution < 1.29 is 4.74 Å². The van der Waals surface area contributed by atoms with Crippen molar-refractivity contribution in [2.75, 3.05) is 17.6 Å². The number of ether oxygens (including phenoxy) is 1. The van der Waals surface area contributed by atoms with E-state index in [2.05, 4.69) is 11.4 Å². The summed E-state index contributed by atoms with van der Waals surface area (Å²) in [7, 11) is 0. The number of nitrogen functional groups attached to an aromatic ring is 1. The molecule has 1 aliphatic rings. The molecule has 1 aromatic carbocycles. The van der Waals surface area contributed by atoms with Crippen molar-refractivity contribution in [3.8, 4) is 5.75 Å². The molecule has 0 heterocycles. The summed E-state index contributed by atoms with van der Waals surface area (Å²) in [5, 5.41) is 3.46. The summed E-state index contributed by atoms with van der Waals surface area (Å²) in [5.74, 6) is 0.766. The second-order valence-electron chi connectivity index (χ2n) is 5.70. The molecule has 0 fully saturated rings. The van der Waals surface area contributed by atoms with Crippen molar-refractivity contribution in [2.24, 2.45) is 0 Å². The van der Waals surface area contributed by atoms with Crippen LogP contribution in [0.3, 0.4) is 0 Å². The topological polar surface area (TPSA) is 47.3 Å². The molecule has 3 heteroatoms. The monoisotopic (exact) mass is 274 g/mol. The van der Waals surface area contributed by atoms with Gasteiger partial charge >= 0.3 is 0 Å². The van der Waals surface area contributed by atoms with E-state index in [0.717, 1.165) is 24.4 Å². The summed E-state index contributed by atoms with van der Waals surface area (Å²) in [4.78, 5) is 0. The fraction of sp³-hybridized carbons (Fsp3) is 0.529. The maximum Gasteiger partial charge on any atom is 0.144 e. The zero-order valence-electron chi connectivity index (χ0n) is 12.6. The Morgan fingerprint density at radius 3 is 2.85 bits per heavy atom. The molecule has 2 rings (SSSR count). The van der Waals surface area contributed by atoms with Gasteiger partial charge in [-0.2, -0.15) is 0 Å². The van der Waals surface area contributed by atoms with Crippen LogP contribution in [-0.2, 0) is 0 Å². The van der Waals surface area contributed by atoms with Crippen LogP contribution in [0.4, 0.5) is 11.4 Å². The zero-order chi connectivity index (χ0) is 14.4. The van der Waals surface area contributed by atoms with Crippen molar-refractivity contribution in [2.45, 2.75) is 52.1 Å². The van der Waals surface area contributed by atoms with Gasteiger partial charge in [-0.25, -0.2) is 0 Å². The van der Waals surface area contributed by atoms with E-state index in [1.165, 1.54) is 25.7 Å². The lowest BCUT2D eigenvalue weighted by molar-refractivity contribution is 0.244. The highest BCUT2D eigenvalue weighted by atomic mass is 16.5. The number of rotatable bonds is 6. The van der Waals surface area contributed by atoms with E-state index in [1.54, 1.807) is 5.57 Å². The Balaban J connectivity index is 1.87. The molecule has 0 saturated heterocycles. The molecule has 0 saturated carbocycles. The third-order valence-corrected chi connectivity index (χ3v) is 3.54. The van der Waals surface area contributed by atoms with Gasteiger partial charge in [0.1, 0.15) is 5.75 Å². The Bertz CT molecular complexity index is 466. The van der Waals surface area contributed by atoms with Crippen LogP contribution >= 0.6 is 0 Å². The van der Waals surface area contributed by atoms with Gasteiger partial charge in [0, 0.05) is 18.3 Å². The van der Waals surface area contributed by atoms with E-state index in [-0.39, 0.29) is 6.10 Å². The molecule has 3 nitrogen and oxygen atoms in total. The number of anilines is 2. The molecule has 0 unspecified atom stereocenters. The molecule has 0 atom stereocenters. The smallest absolute Gasteiger partial charge is 0.144 e. The molecule has 3 N–H and O–H groups in total. The van der Waals surface area contributed by atoms with Crippen LogP contribution in [0.5, 0.6) is 5.75 Å². The Labute approximate surface area is 122 Å². The molecular weight excluding hydrogens is 248 g/mol. The lowest BCUT2D eigenvalue weighted by atomic mass is 9.97. The highest BCUT2D eigenvalue weighted by Crippen LogP contribution is 2.27. The first-order chi connectivity index (χ1) is 9.65. The third-order valence-electron chi connectivity index (χ3n) is 3.54. The van der Waals surface area contributed by atoms with E-state index >= 15 is 0 Å². The number of hydrogen-bond acceptors (Lipinski definition) is 3. The first-order valence-electron chi connectivity index (χ1n) is 7.63. The van der Waals surface area contributed by atoms with Gasteiger partial charge in [-0.05, 0) is 58.1 Å². The van der Waals surface area contributed by atoms with Crippen molar-refractivity contribution in [3.05, 3.63) is 29.8 Å². The predicted octanol–water partition coefficient (Wildman–Crippen LogP) is 4.36. The van der Waals surface area contributed by atoms with Crippen molar-refractivity contribution >= 4 is 11.4 Å². The molecular formula is C17H26N2O. The number of nitrogens with two attached hydrogens (primary N) is 1. The summed E-state index contributed by atoms with van der Waals surface area (Å²) in [6.45, 7) is 4.99. The van der Waals surface area contributed by atoms with E-state index in [0.29, 0.717) is 5.69 Å². The SMILES string of the molecule is CC(C)Oc1cc(NCCC2=CCCCC2)ccc1N. The first-order valence-corrected chi connectivity index (χ1v) is 7.63. The quantitative estimate of drug-likeness (QED) is 0.598. The maximum absolute atomic E-state index is 5.92. The minimum Gasteiger partial charge on any atom is -0.489 e. The second kappa shape index (κ2) is 7.22. The van der Waals surface area contributed by atoms with Gasteiger partial charge in [0.2, 0.25) is 0 Å². The van der Waals surface area contributed by atoms with Crippen LogP contribution in [0.2, 0.25) is 0 Å². The largest absolute Gasteiger partial charge is 0.489 e. The first kappa shape index (κ1) is 14.8. The summed E-state index contributed by atoms with van der Waals surface area (Å²) >= 11 is 0. The van der Waals surface area contributed by atoms with Crippen LogP contribution in [0, 0.1) is 0 Å². The van der Waals surface area contributed by atoms with Gasteiger partial charge in [0.15, 0.2) is 0 Å². The minimum absolute atomic E-state index is 0.139. The Morgan fingerprint density at radius 1 is 1.30 bits per heavy atom. The number of benzene rings is 1. The number of allylic oxidation sites excluding steroid dienone is 1. The molecule has 0 amide bonds. The van der Waals surface area contributed by atoms with Gasteiger partial charge < -0.3 is 15.8 Å². The van der Waals surface area contributed by atoms with Crippen molar-refractivity contribution in [1.29, 1.82) is 0 Å². The Hall–Kier alpha value is -1.64. The van der Waals surface area contributed by atoms with Crippen LogP contribution in [0.15, 0.2) is 29.8 Å². The number of nitrogens with one attached hydrogen (secondary N) is 1. The van der Waals surface area contributed by atoms with E-state index in [4.69, 9.17) is 10.5 Å². The van der Waals surface area contributed by atoms with E-state index < -0.39 is 0 Å². The predicted molar refractivity (Wildman–Crippen MR) is 86.3 cm³/mol. The van der Waals surface area contributed by atoms with Crippen LogP contribution in [0.1, 0.15) is 46.0 Å². The highest BCUT2D eigenvalue weighted by Gasteiger charge is 2.06. The van der Waals surface area contributed by atoms with Gasteiger partial charge in [0.25, 0.3) is 0 Å². The lowest BCUT2D eigenvalue weighted by Gasteiger charge is -2.16. The molecule has 110 valence electrons. The summed E-state index contributed by atoms with van der Waals surface area (Å²) < 4.78 is 5.71. The molecule has 0 bridgehead atoms. The van der Waals surface area contributed by atoms with Gasteiger partial charge in [-0.3, -0.25) is 0 Å². The summed E-state index contributed by atoms with van der Waals surface area (Å²) in [6.07, 6.45) is 8.89. The third kappa shape index (κ3) is 4.48.